The Balaban J connectivity index is 1.87. The van der Waals surface area contributed by atoms with Gasteiger partial charge in [-0.15, -0.1) is 0 Å². The molecule has 2 rings (SSSR count). The summed E-state index contributed by atoms with van der Waals surface area (Å²) in [7, 11) is 0. The summed E-state index contributed by atoms with van der Waals surface area (Å²) in [5.74, 6) is -0.310. The number of aromatic nitrogens is 2. The summed E-state index contributed by atoms with van der Waals surface area (Å²) in [4.78, 5) is 15.0. The molecule has 0 amide bonds. The van der Waals surface area contributed by atoms with Crippen LogP contribution in [0, 0.1) is 0 Å². The molecule has 0 unspecified atom stereocenters. The van der Waals surface area contributed by atoms with Crippen molar-refractivity contribution in [3.63, 3.8) is 0 Å². The number of hydrogen-bond donors (Lipinski definition) is 0. The monoisotopic (exact) mass is 212 g/mol. The lowest BCUT2D eigenvalue weighted by Crippen LogP contribution is -2.06. The van der Waals surface area contributed by atoms with Crippen molar-refractivity contribution in [2.45, 2.75) is 32.5 Å². The molecule has 0 N–H and O–H groups in total. The van der Waals surface area contributed by atoms with E-state index in [2.05, 4.69) is 10.1 Å². The number of carbonyl (C=O) groups is 1. The summed E-state index contributed by atoms with van der Waals surface area (Å²) in [6, 6.07) is 0. The van der Waals surface area contributed by atoms with Crippen LogP contribution in [0.25, 0.3) is 0 Å². The molecule has 1 aromatic heterocycles. The van der Waals surface area contributed by atoms with Gasteiger partial charge in [-0.1, -0.05) is 0 Å². The van der Waals surface area contributed by atoms with E-state index in [0.29, 0.717) is 18.6 Å². The van der Waals surface area contributed by atoms with Crippen molar-refractivity contribution < 1.29 is 18.8 Å². The molecule has 1 fully saturated rings. The van der Waals surface area contributed by atoms with E-state index in [1.807, 2.05) is 0 Å². The average molecular weight is 212 g/mol. The maximum atomic E-state index is 11.2. The van der Waals surface area contributed by atoms with E-state index in [-0.39, 0.29) is 12.4 Å². The molecule has 6 heteroatoms. The smallest absolute Gasteiger partial charge is 0.379 e. The molecule has 1 aromatic rings. The molecule has 15 heavy (non-hydrogen) atoms. The largest absolute Gasteiger partial charge is 0.460 e. The third-order valence-corrected chi connectivity index (χ3v) is 1.89. The Bertz CT molecular complexity index is 346. The summed E-state index contributed by atoms with van der Waals surface area (Å²) in [5.41, 5.74) is 0. The second-order valence-corrected chi connectivity index (χ2v) is 3.24. The molecule has 1 heterocycles. The van der Waals surface area contributed by atoms with Crippen LogP contribution >= 0.6 is 0 Å². The molecule has 1 aliphatic carbocycles. The first-order valence-electron chi connectivity index (χ1n) is 4.91. The number of hydrogen-bond acceptors (Lipinski definition) is 6. The fourth-order valence-electron chi connectivity index (χ4n) is 1.02. The van der Waals surface area contributed by atoms with Gasteiger partial charge in [-0.05, 0) is 24.9 Å². The minimum atomic E-state index is -0.570. The van der Waals surface area contributed by atoms with Crippen molar-refractivity contribution in [2.75, 3.05) is 6.61 Å². The highest BCUT2D eigenvalue weighted by Crippen LogP contribution is 2.24. The molecular formula is C9H12N2O4. The van der Waals surface area contributed by atoms with E-state index in [0.717, 1.165) is 12.8 Å². The lowest BCUT2D eigenvalue weighted by atomic mass is 10.6. The van der Waals surface area contributed by atoms with Gasteiger partial charge in [0, 0.05) is 0 Å². The Hall–Kier alpha value is -1.43. The van der Waals surface area contributed by atoms with Crippen molar-refractivity contribution in [3.8, 4) is 0 Å². The van der Waals surface area contributed by atoms with Crippen molar-refractivity contribution in [2.24, 2.45) is 0 Å². The highest BCUT2D eigenvalue weighted by molar-refractivity contribution is 5.84. The van der Waals surface area contributed by atoms with Gasteiger partial charge in [-0.25, -0.2) is 4.79 Å². The van der Waals surface area contributed by atoms with Gasteiger partial charge in [0.25, 0.3) is 11.7 Å². The molecular weight excluding hydrogens is 200 g/mol. The Labute approximate surface area is 86.6 Å². The van der Waals surface area contributed by atoms with Gasteiger partial charge in [0.2, 0.25) is 0 Å². The molecule has 0 aliphatic heterocycles. The third kappa shape index (κ3) is 2.76. The summed E-state index contributed by atoms with van der Waals surface area (Å²) in [6.45, 7) is 2.27. The van der Waals surface area contributed by atoms with Crippen LogP contribution in [0.5, 0.6) is 0 Å². The quantitative estimate of drug-likeness (QED) is 0.676. The standard InChI is InChI=1S/C9H12N2O4/c1-2-13-9(12)8-10-7(15-11-8)5-14-6-3-4-6/h6H,2-5H2,1H3. The van der Waals surface area contributed by atoms with Crippen LogP contribution in [-0.4, -0.2) is 28.8 Å². The van der Waals surface area contributed by atoms with Gasteiger partial charge in [-0.2, -0.15) is 4.98 Å². The van der Waals surface area contributed by atoms with Gasteiger partial charge in [0.1, 0.15) is 6.61 Å². The molecule has 0 bridgehead atoms. The predicted octanol–water partition coefficient (Wildman–Crippen LogP) is 0.925. The second kappa shape index (κ2) is 4.39. The fraction of sp³-hybridized carbons (Fsp3) is 0.667. The lowest BCUT2D eigenvalue weighted by Gasteiger charge is -1.95. The third-order valence-electron chi connectivity index (χ3n) is 1.89. The molecule has 0 saturated heterocycles. The van der Waals surface area contributed by atoms with Gasteiger partial charge >= 0.3 is 5.97 Å². The van der Waals surface area contributed by atoms with Crippen LogP contribution in [0.2, 0.25) is 0 Å². The van der Waals surface area contributed by atoms with E-state index in [1.165, 1.54) is 0 Å². The van der Waals surface area contributed by atoms with E-state index < -0.39 is 5.97 Å². The van der Waals surface area contributed by atoms with E-state index in [4.69, 9.17) is 14.0 Å². The summed E-state index contributed by atoms with van der Waals surface area (Å²) in [5, 5.41) is 3.49. The van der Waals surface area contributed by atoms with E-state index in [1.54, 1.807) is 6.92 Å². The molecule has 6 nitrogen and oxygen atoms in total. The highest BCUT2D eigenvalue weighted by Gasteiger charge is 2.23. The Morgan fingerprint density at radius 3 is 3.07 bits per heavy atom. The topological polar surface area (TPSA) is 74.5 Å². The van der Waals surface area contributed by atoms with Crippen molar-refractivity contribution in [1.82, 2.24) is 10.1 Å². The van der Waals surface area contributed by atoms with Gasteiger partial charge < -0.3 is 14.0 Å². The maximum Gasteiger partial charge on any atom is 0.379 e. The SMILES string of the molecule is CCOC(=O)c1noc(COC2CC2)n1. The minimum Gasteiger partial charge on any atom is -0.460 e. The van der Waals surface area contributed by atoms with Gasteiger partial charge in [-0.3, -0.25) is 0 Å². The normalized spacial score (nSPS) is 15.3. The van der Waals surface area contributed by atoms with Crippen LogP contribution in [0.4, 0.5) is 0 Å². The average Bonchev–Trinajstić information content (AvgIpc) is 2.93. The minimum absolute atomic E-state index is 0.0498. The molecule has 82 valence electrons. The number of carbonyl (C=O) groups excluding carboxylic acids is 1. The Morgan fingerprint density at radius 1 is 1.60 bits per heavy atom. The van der Waals surface area contributed by atoms with Crippen molar-refractivity contribution in [3.05, 3.63) is 11.7 Å². The van der Waals surface area contributed by atoms with Gasteiger partial charge in [0.05, 0.1) is 12.7 Å². The molecule has 0 atom stereocenters. The van der Waals surface area contributed by atoms with Crippen LogP contribution in [0.3, 0.4) is 0 Å². The Kier molecular flexibility index (Phi) is 2.96. The first-order chi connectivity index (χ1) is 7.29. The molecule has 1 aliphatic rings. The lowest BCUT2D eigenvalue weighted by molar-refractivity contribution is 0.0508. The molecule has 1 saturated carbocycles. The van der Waals surface area contributed by atoms with E-state index in [9.17, 15) is 4.79 Å². The van der Waals surface area contributed by atoms with Crippen LogP contribution in [-0.2, 0) is 16.1 Å². The maximum absolute atomic E-state index is 11.2. The van der Waals surface area contributed by atoms with Crippen LogP contribution < -0.4 is 0 Å². The first-order valence-corrected chi connectivity index (χ1v) is 4.91. The number of esters is 1. The fourth-order valence-corrected chi connectivity index (χ4v) is 1.02. The predicted molar refractivity (Wildman–Crippen MR) is 48.1 cm³/mol. The summed E-state index contributed by atoms with van der Waals surface area (Å²) in [6.07, 6.45) is 2.49. The molecule has 0 aromatic carbocycles. The number of nitrogens with zero attached hydrogens (tertiary/aromatic N) is 2. The molecule has 0 radical (unpaired) electrons. The molecule has 0 spiro atoms. The Morgan fingerprint density at radius 2 is 2.40 bits per heavy atom. The zero-order valence-corrected chi connectivity index (χ0v) is 8.43. The van der Waals surface area contributed by atoms with Crippen LogP contribution in [0.15, 0.2) is 4.52 Å². The zero-order chi connectivity index (χ0) is 10.7. The zero-order valence-electron chi connectivity index (χ0n) is 8.43. The van der Waals surface area contributed by atoms with Crippen LogP contribution in [0.1, 0.15) is 36.3 Å². The second-order valence-electron chi connectivity index (χ2n) is 3.24. The summed E-state index contributed by atoms with van der Waals surface area (Å²) >= 11 is 0. The van der Waals surface area contributed by atoms with Gasteiger partial charge in [0.15, 0.2) is 0 Å². The van der Waals surface area contributed by atoms with Crippen molar-refractivity contribution in [1.29, 1.82) is 0 Å². The van der Waals surface area contributed by atoms with Crippen molar-refractivity contribution >= 4 is 5.97 Å². The highest BCUT2D eigenvalue weighted by atomic mass is 16.5. The first kappa shape index (κ1) is 10.1. The van der Waals surface area contributed by atoms with E-state index >= 15 is 0 Å². The summed E-state index contributed by atoms with van der Waals surface area (Å²) < 4.78 is 14.9. The number of rotatable bonds is 5. The number of ether oxygens (including phenoxy) is 2.